The van der Waals surface area contributed by atoms with Gasteiger partial charge in [0.15, 0.2) is 0 Å². The van der Waals surface area contributed by atoms with E-state index in [1.54, 1.807) is 41.4 Å². The molecular formula is C21H24FN5O2. The fraction of sp³-hybridized carbons (Fsp3) is 0.381. The van der Waals surface area contributed by atoms with Gasteiger partial charge in [-0.15, -0.1) is 0 Å². The third kappa shape index (κ3) is 4.89. The van der Waals surface area contributed by atoms with Crippen molar-refractivity contribution in [2.45, 2.75) is 18.9 Å². The van der Waals surface area contributed by atoms with E-state index in [-0.39, 0.29) is 17.5 Å². The van der Waals surface area contributed by atoms with Gasteiger partial charge in [-0.25, -0.2) is 9.37 Å². The number of pyridine rings is 1. The Bertz CT molecular complexity index is 894. The quantitative estimate of drug-likeness (QED) is 0.780. The summed E-state index contributed by atoms with van der Waals surface area (Å²) in [6.07, 6.45) is 3.71. The highest BCUT2D eigenvalue weighted by Crippen LogP contribution is 2.22. The van der Waals surface area contributed by atoms with Crippen molar-refractivity contribution in [3.05, 3.63) is 54.0 Å². The number of hydrogen-bond acceptors (Lipinski definition) is 5. The van der Waals surface area contributed by atoms with E-state index < -0.39 is 5.82 Å². The molecule has 2 amide bonds. The largest absolute Gasteiger partial charge is 0.352 e. The molecule has 0 spiro atoms. The molecule has 1 saturated carbocycles. The zero-order valence-corrected chi connectivity index (χ0v) is 16.1. The maximum absolute atomic E-state index is 14.0. The minimum Gasteiger partial charge on any atom is -0.352 e. The number of hydrogen-bond donors (Lipinski definition) is 2. The van der Waals surface area contributed by atoms with Crippen LogP contribution in [0.15, 0.2) is 42.6 Å². The van der Waals surface area contributed by atoms with Crippen molar-refractivity contribution in [1.82, 2.24) is 20.1 Å². The normalized spacial score (nSPS) is 17.1. The molecule has 8 heteroatoms. The second-order valence-corrected chi connectivity index (χ2v) is 7.41. The van der Waals surface area contributed by atoms with Gasteiger partial charge < -0.3 is 15.5 Å². The molecule has 2 fully saturated rings. The molecule has 152 valence electrons. The van der Waals surface area contributed by atoms with E-state index in [1.807, 2.05) is 0 Å². The van der Waals surface area contributed by atoms with Gasteiger partial charge in [-0.1, -0.05) is 12.1 Å². The fourth-order valence-electron chi connectivity index (χ4n) is 3.35. The second-order valence-electron chi connectivity index (χ2n) is 7.41. The van der Waals surface area contributed by atoms with Crippen LogP contribution in [0.4, 0.5) is 15.9 Å². The van der Waals surface area contributed by atoms with E-state index in [2.05, 4.69) is 20.5 Å². The van der Waals surface area contributed by atoms with Gasteiger partial charge in [-0.05, 0) is 37.1 Å². The first-order chi connectivity index (χ1) is 14.1. The van der Waals surface area contributed by atoms with Gasteiger partial charge in [0.2, 0.25) is 5.91 Å². The Hall–Kier alpha value is -3.00. The Morgan fingerprint density at radius 3 is 2.55 bits per heavy atom. The highest BCUT2D eigenvalue weighted by molar-refractivity contribution is 5.99. The van der Waals surface area contributed by atoms with Gasteiger partial charge in [-0.3, -0.25) is 14.5 Å². The van der Waals surface area contributed by atoms with Crippen LogP contribution in [0.2, 0.25) is 0 Å². The number of carbonyl (C=O) groups is 2. The number of aromatic nitrogens is 1. The van der Waals surface area contributed by atoms with E-state index in [0.29, 0.717) is 50.1 Å². The minimum absolute atomic E-state index is 0.0518. The Morgan fingerprint density at radius 2 is 1.83 bits per heavy atom. The molecule has 1 aromatic heterocycles. The molecule has 2 N–H and O–H groups in total. The third-order valence-electron chi connectivity index (χ3n) is 5.13. The number of benzene rings is 1. The molecule has 2 aromatic rings. The van der Waals surface area contributed by atoms with Crippen molar-refractivity contribution in [3.63, 3.8) is 0 Å². The average molecular weight is 397 g/mol. The summed E-state index contributed by atoms with van der Waals surface area (Å²) in [5.41, 5.74) is 0.669. The predicted octanol–water partition coefficient (Wildman–Crippen LogP) is 2.00. The first-order valence-electron chi connectivity index (χ1n) is 9.88. The first kappa shape index (κ1) is 19.3. The van der Waals surface area contributed by atoms with Crippen molar-refractivity contribution in [2.24, 2.45) is 0 Å². The van der Waals surface area contributed by atoms with Crippen LogP contribution in [0, 0.1) is 5.82 Å². The molecule has 4 rings (SSSR count). The molecule has 2 heterocycles. The standard InChI is InChI=1S/C21H24FN5O2/c22-17-5-1-2-6-18(17)25-20-16(4-3-9-23-20)21(29)27-12-10-26(11-13-27)14-19(28)24-15-7-8-15/h1-6,9,15H,7-8,10-14H2,(H,23,25)(H,24,28). The zero-order chi connectivity index (χ0) is 20.2. The van der Waals surface area contributed by atoms with E-state index >= 15 is 0 Å². The van der Waals surface area contributed by atoms with Crippen LogP contribution in [0.5, 0.6) is 0 Å². The molecule has 1 aromatic carbocycles. The summed E-state index contributed by atoms with van der Waals surface area (Å²) in [5, 5.41) is 5.91. The number of carbonyl (C=O) groups excluding carboxylic acids is 2. The molecule has 29 heavy (non-hydrogen) atoms. The van der Waals surface area contributed by atoms with E-state index in [0.717, 1.165) is 12.8 Å². The van der Waals surface area contributed by atoms with Crippen LogP contribution in [-0.4, -0.2) is 65.4 Å². The summed E-state index contributed by atoms with van der Waals surface area (Å²) >= 11 is 0. The minimum atomic E-state index is -0.408. The number of nitrogens with one attached hydrogen (secondary N) is 2. The van der Waals surface area contributed by atoms with Crippen LogP contribution < -0.4 is 10.6 Å². The summed E-state index contributed by atoms with van der Waals surface area (Å²) in [6, 6.07) is 10.0. The number of para-hydroxylation sites is 1. The lowest BCUT2D eigenvalue weighted by Gasteiger charge is -2.34. The fourth-order valence-corrected chi connectivity index (χ4v) is 3.35. The summed E-state index contributed by atoms with van der Waals surface area (Å²) in [6.45, 7) is 2.71. The lowest BCUT2D eigenvalue weighted by Crippen LogP contribution is -2.51. The van der Waals surface area contributed by atoms with Crippen molar-refractivity contribution in [1.29, 1.82) is 0 Å². The van der Waals surface area contributed by atoms with Crippen LogP contribution in [0.1, 0.15) is 23.2 Å². The van der Waals surface area contributed by atoms with Crippen LogP contribution in [0.3, 0.4) is 0 Å². The van der Waals surface area contributed by atoms with Gasteiger partial charge in [0.05, 0.1) is 17.8 Å². The zero-order valence-electron chi connectivity index (χ0n) is 16.1. The average Bonchev–Trinajstić information content (AvgIpc) is 3.54. The van der Waals surface area contributed by atoms with E-state index in [9.17, 15) is 14.0 Å². The highest BCUT2D eigenvalue weighted by Gasteiger charge is 2.27. The Labute approximate surface area is 168 Å². The summed E-state index contributed by atoms with van der Waals surface area (Å²) in [4.78, 5) is 33.0. The Morgan fingerprint density at radius 1 is 1.07 bits per heavy atom. The molecule has 7 nitrogen and oxygen atoms in total. The third-order valence-corrected chi connectivity index (χ3v) is 5.13. The van der Waals surface area contributed by atoms with Gasteiger partial charge in [0.25, 0.3) is 5.91 Å². The molecule has 1 aliphatic heterocycles. The Balaban J connectivity index is 1.37. The molecule has 0 bridgehead atoms. The van der Waals surface area contributed by atoms with Gasteiger partial charge in [0, 0.05) is 38.4 Å². The summed E-state index contributed by atoms with van der Waals surface area (Å²) in [7, 11) is 0. The number of nitrogens with zero attached hydrogens (tertiary/aromatic N) is 3. The van der Waals surface area contributed by atoms with Crippen molar-refractivity contribution >= 4 is 23.3 Å². The van der Waals surface area contributed by atoms with E-state index in [1.165, 1.54) is 6.07 Å². The highest BCUT2D eigenvalue weighted by atomic mass is 19.1. The molecule has 1 aliphatic carbocycles. The molecule has 2 aliphatic rings. The van der Waals surface area contributed by atoms with Crippen LogP contribution in [0.25, 0.3) is 0 Å². The maximum Gasteiger partial charge on any atom is 0.257 e. The number of halogens is 1. The van der Waals surface area contributed by atoms with Crippen molar-refractivity contribution in [3.8, 4) is 0 Å². The molecule has 0 atom stereocenters. The SMILES string of the molecule is O=C(CN1CCN(C(=O)c2cccnc2Nc2ccccc2F)CC1)NC1CC1. The van der Waals surface area contributed by atoms with Crippen molar-refractivity contribution in [2.75, 3.05) is 38.0 Å². The number of anilines is 2. The first-order valence-corrected chi connectivity index (χ1v) is 9.88. The number of rotatable bonds is 6. The van der Waals surface area contributed by atoms with E-state index in [4.69, 9.17) is 0 Å². The summed E-state index contributed by atoms with van der Waals surface area (Å²) in [5.74, 6) is -0.182. The van der Waals surface area contributed by atoms with Gasteiger partial charge in [0.1, 0.15) is 11.6 Å². The molecular weight excluding hydrogens is 373 g/mol. The predicted molar refractivity (Wildman–Crippen MR) is 107 cm³/mol. The summed E-state index contributed by atoms with van der Waals surface area (Å²) < 4.78 is 14.0. The lowest BCUT2D eigenvalue weighted by atomic mass is 10.2. The number of piperazine rings is 1. The molecule has 0 unspecified atom stereocenters. The number of amides is 2. The van der Waals surface area contributed by atoms with Crippen molar-refractivity contribution < 1.29 is 14.0 Å². The van der Waals surface area contributed by atoms with Crippen LogP contribution >= 0.6 is 0 Å². The molecule has 0 radical (unpaired) electrons. The Kier molecular flexibility index (Phi) is 5.71. The monoisotopic (exact) mass is 397 g/mol. The second kappa shape index (κ2) is 8.57. The maximum atomic E-state index is 14.0. The van der Waals surface area contributed by atoms with Gasteiger partial charge >= 0.3 is 0 Å². The van der Waals surface area contributed by atoms with Gasteiger partial charge in [-0.2, -0.15) is 0 Å². The lowest BCUT2D eigenvalue weighted by molar-refractivity contribution is -0.122. The van der Waals surface area contributed by atoms with Crippen LogP contribution in [-0.2, 0) is 4.79 Å². The topological polar surface area (TPSA) is 77.6 Å². The molecule has 1 saturated heterocycles. The smallest absolute Gasteiger partial charge is 0.257 e.